The largest absolute Gasteiger partial charge is 0.346 e. The SMILES string of the molecule is Cc1cn(-c2ccc(C)c(C)c2)/c(=N/C(=O)N2CCC(F)C2)s1. The molecule has 1 aromatic heterocycles. The maximum Gasteiger partial charge on any atom is 0.346 e. The fourth-order valence-electron chi connectivity index (χ4n) is 2.64. The number of carbonyl (C=O) groups excluding carboxylic acids is 1. The second-order valence-corrected chi connectivity index (χ2v) is 7.20. The summed E-state index contributed by atoms with van der Waals surface area (Å²) < 4.78 is 15.2. The standard InChI is InChI=1S/C17H20FN3OS/c1-11-4-5-15(8-12(11)2)21-9-13(3)23-17(21)19-16(22)20-7-6-14(18)10-20/h4-5,8-9,14H,6-7,10H2,1-3H3/b19-17-. The van der Waals surface area contributed by atoms with Gasteiger partial charge < -0.3 is 4.90 Å². The second-order valence-electron chi connectivity index (χ2n) is 5.99. The number of aromatic nitrogens is 1. The molecule has 0 spiro atoms. The number of alkyl halides is 1. The molecule has 1 saturated heterocycles. The minimum atomic E-state index is -0.925. The predicted molar refractivity (Wildman–Crippen MR) is 89.9 cm³/mol. The number of aryl methyl sites for hydroxylation is 3. The number of rotatable bonds is 1. The molecule has 1 aromatic carbocycles. The highest BCUT2D eigenvalue weighted by Gasteiger charge is 2.25. The first kappa shape index (κ1) is 15.9. The van der Waals surface area contributed by atoms with Crippen LogP contribution in [-0.4, -0.2) is 34.8 Å². The topological polar surface area (TPSA) is 37.6 Å². The smallest absolute Gasteiger partial charge is 0.320 e. The van der Waals surface area contributed by atoms with Gasteiger partial charge in [0.2, 0.25) is 0 Å². The van der Waals surface area contributed by atoms with E-state index in [9.17, 15) is 9.18 Å². The van der Waals surface area contributed by atoms with E-state index in [1.165, 1.54) is 27.4 Å². The van der Waals surface area contributed by atoms with Gasteiger partial charge in [-0.3, -0.25) is 4.57 Å². The number of hydrogen-bond donors (Lipinski definition) is 0. The van der Waals surface area contributed by atoms with E-state index in [-0.39, 0.29) is 12.6 Å². The number of thiazole rings is 1. The van der Waals surface area contributed by atoms with Crippen LogP contribution in [0, 0.1) is 20.8 Å². The van der Waals surface area contributed by atoms with E-state index in [1.807, 2.05) is 23.8 Å². The van der Waals surface area contributed by atoms with Crippen LogP contribution in [0.25, 0.3) is 5.69 Å². The third-order valence-corrected chi connectivity index (χ3v) is 5.03. The summed E-state index contributed by atoms with van der Waals surface area (Å²) in [7, 11) is 0. The summed E-state index contributed by atoms with van der Waals surface area (Å²) in [6, 6.07) is 5.80. The Labute approximate surface area is 138 Å². The van der Waals surface area contributed by atoms with E-state index in [0.29, 0.717) is 17.8 Å². The highest BCUT2D eigenvalue weighted by Crippen LogP contribution is 2.16. The van der Waals surface area contributed by atoms with E-state index >= 15 is 0 Å². The molecule has 3 rings (SSSR count). The summed E-state index contributed by atoms with van der Waals surface area (Å²) in [5.41, 5.74) is 3.40. The minimum Gasteiger partial charge on any atom is -0.320 e. The molecule has 2 amide bonds. The zero-order valence-corrected chi connectivity index (χ0v) is 14.4. The highest BCUT2D eigenvalue weighted by molar-refractivity contribution is 7.09. The van der Waals surface area contributed by atoms with Crippen molar-refractivity contribution in [3.8, 4) is 5.69 Å². The Morgan fingerprint density at radius 1 is 1.30 bits per heavy atom. The molecular formula is C17H20FN3OS. The lowest BCUT2D eigenvalue weighted by Crippen LogP contribution is -2.28. The Bertz CT molecular complexity index is 808. The molecule has 1 atom stereocenters. The van der Waals surface area contributed by atoms with E-state index in [1.54, 1.807) is 0 Å². The Kier molecular flexibility index (Phi) is 4.35. The maximum absolute atomic E-state index is 13.3. The van der Waals surface area contributed by atoms with Crippen LogP contribution in [0.2, 0.25) is 0 Å². The number of halogens is 1. The third-order valence-electron chi connectivity index (χ3n) is 4.13. The second kappa shape index (κ2) is 6.28. The summed E-state index contributed by atoms with van der Waals surface area (Å²) in [6.45, 7) is 6.71. The number of likely N-dealkylation sites (tertiary alicyclic amines) is 1. The molecule has 1 unspecified atom stereocenters. The average molecular weight is 333 g/mol. The molecule has 1 aliphatic heterocycles. The molecule has 2 aromatic rings. The van der Waals surface area contributed by atoms with Crippen LogP contribution < -0.4 is 4.80 Å². The number of amides is 2. The van der Waals surface area contributed by atoms with Gasteiger partial charge in [0.15, 0.2) is 4.80 Å². The van der Waals surface area contributed by atoms with Gasteiger partial charge in [-0.1, -0.05) is 6.07 Å². The summed E-state index contributed by atoms with van der Waals surface area (Å²) in [4.78, 5) is 19.7. The normalized spacial score (nSPS) is 18.7. The molecule has 122 valence electrons. The van der Waals surface area contributed by atoms with Crippen molar-refractivity contribution in [2.75, 3.05) is 13.1 Å². The molecule has 0 radical (unpaired) electrons. The summed E-state index contributed by atoms with van der Waals surface area (Å²) >= 11 is 1.46. The van der Waals surface area contributed by atoms with Crippen molar-refractivity contribution in [2.45, 2.75) is 33.4 Å². The summed E-state index contributed by atoms with van der Waals surface area (Å²) in [5.74, 6) is 0. The van der Waals surface area contributed by atoms with Gasteiger partial charge in [0.25, 0.3) is 0 Å². The van der Waals surface area contributed by atoms with Gasteiger partial charge in [-0.05, 0) is 50.5 Å². The van der Waals surface area contributed by atoms with Gasteiger partial charge in [-0.25, -0.2) is 9.18 Å². The van der Waals surface area contributed by atoms with Gasteiger partial charge in [0.1, 0.15) is 6.17 Å². The summed E-state index contributed by atoms with van der Waals surface area (Å²) in [5, 5.41) is 0. The Hall–Kier alpha value is -1.95. The molecule has 23 heavy (non-hydrogen) atoms. The zero-order valence-electron chi connectivity index (χ0n) is 13.5. The number of carbonyl (C=O) groups is 1. The molecule has 1 fully saturated rings. The first-order chi connectivity index (χ1) is 10.9. The average Bonchev–Trinajstić information content (AvgIpc) is 3.08. The number of urea groups is 1. The molecular weight excluding hydrogens is 313 g/mol. The molecule has 0 bridgehead atoms. The van der Waals surface area contributed by atoms with Crippen LogP contribution in [0.3, 0.4) is 0 Å². The van der Waals surface area contributed by atoms with E-state index in [0.717, 1.165) is 10.6 Å². The lowest BCUT2D eigenvalue weighted by Gasteiger charge is -2.11. The van der Waals surface area contributed by atoms with Gasteiger partial charge in [0.05, 0.1) is 6.54 Å². The quantitative estimate of drug-likeness (QED) is 0.787. The molecule has 0 aliphatic carbocycles. The van der Waals surface area contributed by atoms with Crippen LogP contribution in [-0.2, 0) is 0 Å². The number of benzene rings is 1. The minimum absolute atomic E-state index is 0.149. The molecule has 4 nitrogen and oxygen atoms in total. The van der Waals surface area contributed by atoms with E-state index in [2.05, 4.69) is 31.0 Å². The van der Waals surface area contributed by atoms with Crippen LogP contribution >= 0.6 is 11.3 Å². The number of hydrogen-bond acceptors (Lipinski definition) is 2. The lowest BCUT2D eigenvalue weighted by atomic mass is 10.1. The Morgan fingerprint density at radius 3 is 2.74 bits per heavy atom. The van der Waals surface area contributed by atoms with Crippen molar-refractivity contribution in [3.05, 3.63) is 45.2 Å². The molecule has 0 N–H and O–H groups in total. The van der Waals surface area contributed by atoms with Gasteiger partial charge >= 0.3 is 6.03 Å². The molecule has 2 heterocycles. The predicted octanol–water partition coefficient (Wildman–Crippen LogP) is 3.53. The van der Waals surface area contributed by atoms with Crippen LogP contribution in [0.5, 0.6) is 0 Å². The highest BCUT2D eigenvalue weighted by atomic mass is 32.1. The van der Waals surface area contributed by atoms with Crippen molar-refractivity contribution in [1.29, 1.82) is 0 Å². The fraction of sp³-hybridized carbons (Fsp3) is 0.412. The molecule has 0 saturated carbocycles. The van der Waals surface area contributed by atoms with Crippen molar-refractivity contribution in [1.82, 2.24) is 9.47 Å². The van der Waals surface area contributed by atoms with Gasteiger partial charge in [0, 0.05) is 23.3 Å². The van der Waals surface area contributed by atoms with Crippen LogP contribution in [0.15, 0.2) is 29.4 Å². The van der Waals surface area contributed by atoms with Crippen LogP contribution in [0.1, 0.15) is 22.4 Å². The van der Waals surface area contributed by atoms with E-state index < -0.39 is 6.17 Å². The summed E-state index contributed by atoms with van der Waals surface area (Å²) in [6.07, 6.45) is 1.45. The fourth-order valence-corrected chi connectivity index (χ4v) is 3.46. The van der Waals surface area contributed by atoms with Crippen molar-refractivity contribution < 1.29 is 9.18 Å². The molecule has 6 heteroatoms. The first-order valence-corrected chi connectivity index (χ1v) is 8.50. The maximum atomic E-state index is 13.3. The monoisotopic (exact) mass is 333 g/mol. The van der Waals surface area contributed by atoms with Gasteiger partial charge in [-0.15, -0.1) is 11.3 Å². The zero-order chi connectivity index (χ0) is 16.6. The Morgan fingerprint density at radius 2 is 2.09 bits per heavy atom. The van der Waals surface area contributed by atoms with Gasteiger partial charge in [-0.2, -0.15) is 4.99 Å². The first-order valence-electron chi connectivity index (χ1n) is 7.68. The Balaban J connectivity index is 1.98. The van der Waals surface area contributed by atoms with E-state index in [4.69, 9.17) is 0 Å². The molecule has 1 aliphatic rings. The third kappa shape index (κ3) is 3.37. The number of nitrogens with zero attached hydrogens (tertiary/aromatic N) is 3. The van der Waals surface area contributed by atoms with Crippen molar-refractivity contribution in [3.63, 3.8) is 0 Å². The van der Waals surface area contributed by atoms with Crippen molar-refractivity contribution in [2.24, 2.45) is 4.99 Å². The van der Waals surface area contributed by atoms with Crippen LogP contribution in [0.4, 0.5) is 9.18 Å². The van der Waals surface area contributed by atoms with Crippen molar-refractivity contribution >= 4 is 17.4 Å². The lowest BCUT2D eigenvalue weighted by molar-refractivity contribution is 0.213.